The van der Waals surface area contributed by atoms with Gasteiger partial charge in [-0.1, -0.05) is 19.1 Å². The van der Waals surface area contributed by atoms with Crippen LogP contribution in [0.4, 0.5) is 13.2 Å². The molecule has 1 aromatic rings. The molecule has 0 saturated heterocycles. The Balaban J connectivity index is 3.04. The lowest BCUT2D eigenvalue weighted by molar-refractivity contribution is -0.137. The van der Waals surface area contributed by atoms with Gasteiger partial charge in [-0.15, -0.1) is 0 Å². The molecule has 2 unspecified atom stereocenters. The summed E-state index contributed by atoms with van der Waals surface area (Å²) in [6, 6.07) is 4.64. The van der Waals surface area contributed by atoms with Crippen LogP contribution >= 0.6 is 12.2 Å². The minimum atomic E-state index is -4.37. The normalized spacial score (nSPS) is 15.2. The monoisotopic (exact) mass is 310 g/mol. The SMILES string of the molecule is CCC(c1ccc(C(F)(F)F)cc1)S(O)=NC(N)=S. The quantitative estimate of drug-likeness (QED) is 0.837. The Labute approximate surface area is 116 Å². The Morgan fingerprint density at radius 2 is 1.95 bits per heavy atom. The summed E-state index contributed by atoms with van der Waals surface area (Å²) in [5.74, 6) is 0. The number of halogens is 3. The maximum atomic E-state index is 12.4. The van der Waals surface area contributed by atoms with Crippen molar-refractivity contribution in [1.82, 2.24) is 0 Å². The van der Waals surface area contributed by atoms with Crippen molar-refractivity contribution in [3.63, 3.8) is 0 Å². The molecular weight excluding hydrogens is 297 g/mol. The summed E-state index contributed by atoms with van der Waals surface area (Å²) in [6.07, 6.45) is -3.86. The molecule has 106 valence electrons. The van der Waals surface area contributed by atoms with Gasteiger partial charge in [0, 0.05) is 11.0 Å². The van der Waals surface area contributed by atoms with E-state index in [9.17, 15) is 17.7 Å². The Morgan fingerprint density at radius 3 is 2.32 bits per heavy atom. The van der Waals surface area contributed by atoms with E-state index in [0.29, 0.717) is 12.0 Å². The van der Waals surface area contributed by atoms with Crippen LogP contribution in [0.2, 0.25) is 0 Å². The van der Waals surface area contributed by atoms with Crippen molar-refractivity contribution in [1.29, 1.82) is 0 Å². The van der Waals surface area contributed by atoms with Crippen LogP contribution in [-0.4, -0.2) is 9.67 Å². The zero-order chi connectivity index (χ0) is 14.6. The number of nitrogens with zero attached hydrogens (tertiary/aromatic N) is 1. The molecule has 0 aliphatic rings. The Morgan fingerprint density at radius 1 is 1.42 bits per heavy atom. The van der Waals surface area contributed by atoms with Crippen molar-refractivity contribution in [3.05, 3.63) is 35.4 Å². The number of rotatable bonds is 3. The highest BCUT2D eigenvalue weighted by Crippen LogP contribution is 2.31. The second-order valence-electron chi connectivity index (χ2n) is 3.74. The third-order valence-electron chi connectivity index (χ3n) is 2.42. The van der Waals surface area contributed by atoms with Gasteiger partial charge >= 0.3 is 6.18 Å². The van der Waals surface area contributed by atoms with Crippen molar-refractivity contribution >= 4 is 28.3 Å². The molecule has 0 heterocycles. The Kier molecular flexibility index (Phi) is 5.45. The summed E-state index contributed by atoms with van der Waals surface area (Å²) in [5, 5.41) is -0.583. The van der Waals surface area contributed by atoms with Crippen LogP contribution < -0.4 is 5.73 Å². The van der Waals surface area contributed by atoms with Gasteiger partial charge in [-0.3, -0.25) is 0 Å². The molecule has 8 heteroatoms. The molecule has 1 aromatic carbocycles. The largest absolute Gasteiger partial charge is 0.416 e. The lowest BCUT2D eigenvalue weighted by Gasteiger charge is -2.15. The minimum absolute atomic E-state index is 0.170. The van der Waals surface area contributed by atoms with Crippen LogP contribution in [-0.2, 0) is 17.1 Å². The first kappa shape index (κ1) is 16.1. The highest BCUT2D eigenvalue weighted by molar-refractivity contribution is 7.84. The summed E-state index contributed by atoms with van der Waals surface area (Å²) in [7, 11) is -1.44. The summed E-state index contributed by atoms with van der Waals surface area (Å²) in [4.78, 5) is 0. The van der Waals surface area contributed by atoms with E-state index in [-0.39, 0.29) is 5.11 Å². The molecule has 2 atom stereocenters. The summed E-state index contributed by atoms with van der Waals surface area (Å²) >= 11 is 4.57. The number of benzene rings is 1. The molecule has 0 amide bonds. The van der Waals surface area contributed by atoms with Crippen LogP contribution in [0.3, 0.4) is 0 Å². The third kappa shape index (κ3) is 4.55. The number of hydrogen-bond donors (Lipinski definition) is 2. The van der Waals surface area contributed by atoms with E-state index in [1.165, 1.54) is 12.1 Å². The first-order chi connectivity index (χ1) is 8.75. The number of alkyl halides is 3. The number of hydrogen-bond acceptors (Lipinski definition) is 1. The fourth-order valence-corrected chi connectivity index (χ4v) is 2.79. The smallest absolute Gasteiger partial charge is 0.374 e. The zero-order valence-corrected chi connectivity index (χ0v) is 11.6. The maximum absolute atomic E-state index is 12.4. The fraction of sp³-hybridized carbons (Fsp3) is 0.364. The second kappa shape index (κ2) is 6.44. The van der Waals surface area contributed by atoms with E-state index in [1.807, 2.05) is 0 Å². The van der Waals surface area contributed by atoms with Gasteiger partial charge in [0.15, 0.2) is 5.11 Å². The summed E-state index contributed by atoms with van der Waals surface area (Å²) < 4.78 is 50.8. The van der Waals surface area contributed by atoms with Gasteiger partial charge < -0.3 is 10.3 Å². The van der Waals surface area contributed by atoms with Gasteiger partial charge in [0.05, 0.1) is 10.8 Å². The first-order valence-corrected chi connectivity index (χ1v) is 6.97. The molecule has 0 aliphatic heterocycles. The van der Waals surface area contributed by atoms with Crippen LogP contribution in [0.25, 0.3) is 0 Å². The molecule has 1 rings (SSSR count). The lowest BCUT2D eigenvalue weighted by Crippen LogP contribution is -2.11. The standard InChI is InChI=1S/C11H13F3N2OS2/c1-2-9(19(17)16-10(15)18)7-3-5-8(6-4-7)11(12,13)14/h3-6,9H,2H2,1H3,(H3,15,16,17,18). The van der Waals surface area contributed by atoms with Crippen molar-refractivity contribution in [2.24, 2.45) is 10.1 Å². The second-order valence-corrected chi connectivity index (χ2v) is 5.49. The molecule has 0 fully saturated rings. The van der Waals surface area contributed by atoms with Crippen LogP contribution in [0.5, 0.6) is 0 Å². The highest BCUT2D eigenvalue weighted by atomic mass is 32.2. The van der Waals surface area contributed by atoms with Crippen LogP contribution in [0, 0.1) is 0 Å². The minimum Gasteiger partial charge on any atom is -0.374 e. The van der Waals surface area contributed by atoms with Crippen molar-refractivity contribution in [2.75, 3.05) is 0 Å². The summed E-state index contributed by atoms with van der Waals surface area (Å²) in [5.41, 5.74) is 5.05. The van der Waals surface area contributed by atoms with Crippen LogP contribution in [0.15, 0.2) is 28.6 Å². The molecule has 0 bridgehead atoms. The van der Waals surface area contributed by atoms with Crippen molar-refractivity contribution in [3.8, 4) is 0 Å². The molecule has 3 nitrogen and oxygen atoms in total. The van der Waals surface area contributed by atoms with Gasteiger partial charge in [-0.2, -0.15) is 17.5 Å². The van der Waals surface area contributed by atoms with E-state index in [2.05, 4.69) is 16.6 Å². The van der Waals surface area contributed by atoms with Gasteiger partial charge in [0.25, 0.3) is 0 Å². The predicted molar refractivity (Wildman–Crippen MR) is 73.7 cm³/mol. The third-order valence-corrected chi connectivity index (χ3v) is 4.12. The van der Waals surface area contributed by atoms with Gasteiger partial charge in [-0.05, 0) is 36.3 Å². The van der Waals surface area contributed by atoms with Gasteiger partial charge in [0.2, 0.25) is 0 Å². The van der Waals surface area contributed by atoms with E-state index < -0.39 is 28.0 Å². The van der Waals surface area contributed by atoms with E-state index >= 15 is 0 Å². The van der Waals surface area contributed by atoms with Crippen molar-refractivity contribution < 1.29 is 17.7 Å². The van der Waals surface area contributed by atoms with E-state index in [4.69, 9.17) is 5.73 Å². The number of thiocarbonyl (C=S) groups is 1. The molecule has 3 N–H and O–H groups in total. The highest BCUT2D eigenvalue weighted by Gasteiger charge is 2.30. The number of nitrogens with two attached hydrogens (primary N) is 1. The maximum Gasteiger partial charge on any atom is 0.416 e. The molecule has 0 aliphatic carbocycles. The molecular formula is C11H13F3N2OS2. The predicted octanol–water partition coefficient (Wildman–Crippen LogP) is 3.68. The van der Waals surface area contributed by atoms with E-state index in [0.717, 1.165) is 12.1 Å². The van der Waals surface area contributed by atoms with E-state index in [1.54, 1.807) is 6.92 Å². The average molecular weight is 310 g/mol. The first-order valence-electron chi connectivity index (χ1n) is 5.36. The van der Waals surface area contributed by atoms with Gasteiger partial charge in [-0.25, -0.2) is 0 Å². The Hall–Kier alpha value is -0.990. The molecule has 0 radical (unpaired) electrons. The fourth-order valence-electron chi connectivity index (χ4n) is 1.55. The van der Waals surface area contributed by atoms with Crippen LogP contribution in [0.1, 0.15) is 29.7 Å². The summed E-state index contributed by atoms with van der Waals surface area (Å²) in [6.45, 7) is 1.80. The zero-order valence-electron chi connectivity index (χ0n) is 10.0. The average Bonchev–Trinajstić information content (AvgIpc) is 2.28. The van der Waals surface area contributed by atoms with Crippen molar-refractivity contribution in [2.45, 2.75) is 24.8 Å². The lowest BCUT2D eigenvalue weighted by atomic mass is 10.1. The topological polar surface area (TPSA) is 58.6 Å². The molecule has 0 aromatic heterocycles. The molecule has 0 spiro atoms. The Bertz CT molecular complexity index is 486. The van der Waals surface area contributed by atoms with Gasteiger partial charge in [0.1, 0.15) is 0 Å². The molecule has 0 saturated carbocycles. The molecule has 19 heavy (non-hydrogen) atoms.